The molecule has 7 heteroatoms. The van der Waals surface area contributed by atoms with E-state index in [2.05, 4.69) is 22.5 Å². The van der Waals surface area contributed by atoms with Crippen LogP contribution >= 0.6 is 11.3 Å². The van der Waals surface area contributed by atoms with Gasteiger partial charge >= 0.3 is 0 Å². The van der Waals surface area contributed by atoms with Crippen LogP contribution in [0.2, 0.25) is 0 Å². The molecule has 6 atom stereocenters. The Morgan fingerprint density at radius 1 is 0.943 bits per heavy atom. The van der Waals surface area contributed by atoms with Crippen molar-refractivity contribution in [2.45, 2.75) is 13.3 Å². The van der Waals surface area contributed by atoms with Crippen molar-refractivity contribution >= 4 is 39.9 Å². The van der Waals surface area contributed by atoms with Crippen molar-refractivity contribution in [2.24, 2.45) is 35.5 Å². The van der Waals surface area contributed by atoms with Gasteiger partial charge in [0.25, 0.3) is 5.91 Å². The first kappa shape index (κ1) is 20.8. The van der Waals surface area contributed by atoms with Crippen molar-refractivity contribution in [3.05, 3.63) is 77.2 Å². The highest BCUT2D eigenvalue weighted by Gasteiger charge is 2.67. The van der Waals surface area contributed by atoms with E-state index < -0.39 is 0 Å². The minimum atomic E-state index is -0.281. The Bertz CT molecular complexity index is 1370. The minimum Gasteiger partial charge on any atom is -0.298 e. The molecule has 2 heterocycles. The van der Waals surface area contributed by atoms with Gasteiger partial charge in [0.1, 0.15) is 0 Å². The maximum Gasteiger partial charge on any atom is 0.257 e. The van der Waals surface area contributed by atoms with Crippen molar-refractivity contribution in [3.63, 3.8) is 0 Å². The maximum atomic E-state index is 13.3. The second-order valence-corrected chi connectivity index (χ2v) is 10.9. The number of nitrogens with one attached hydrogen (secondary N) is 1. The van der Waals surface area contributed by atoms with E-state index in [1.165, 1.54) is 21.8 Å². The van der Waals surface area contributed by atoms with Crippen LogP contribution in [0.15, 0.2) is 66.1 Å². The van der Waals surface area contributed by atoms with Crippen molar-refractivity contribution in [2.75, 3.05) is 10.2 Å². The van der Waals surface area contributed by atoms with E-state index >= 15 is 0 Å². The predicted octanol–water partition coefficient (Wildman–Crippen LogP) is 4.93. The quantitative estimate of drug-likeness (QED) is 0.423. The third-order valence-corrected chi connectivity index (χ3v) is 8.88. The SMILES string of the molecule is Cc1ccc(-c2csc(NC(=O)c3ccc(N4C(=O)[C@@H]5[C@H]6C=C[C@@H]([C@@H]7C[C@@H]67)[C@@H]5C4=O)cc3)n2)cc1. The van der Waals surface area contributed by atoms with Crippen molar-refractivity contribution < 1.29 is 14.4 Å². The van der Waals surface area contributed by atoms with Gasteiger partial charge < -0.3 is 0 Å². The zero-order valence-corrected chi connectivity index (χ0v) is 19.9. The van der Waals surface area contributed by atoms with E-state index in [0.717, 1.165) is 17.7 Å². The molecule has 1 N–H and O–H groups in total. The van der Waals surface area contributed by atoms with Gasteiger partial charge in [-0.3, -0.25) is 24.6 Å². The topological polar surface area (TPSA) is 79.4 Å². The number of amides is 3. The molecule has 6 nitrogen and oxygen atoms in total. The number of hydrogen-bond acceptors (Lipinski definition) is 5. The molecule has 1 saturated heterocycles. The number of nitrogens with zero attached hydrogens (tertiary/aromatic N) is 2. The van der Waals surface area contributed by atoms with Gasteiger partial charge in [-0.05, 0) is 61.3 Å². The number of anilines is 2. The molecule has 0 radical (unpaired) electrons. The molecule has 35 heavy (non-hydrogen) atoms. The molecule has 174 valence electrons. The van der Waals surface area contributed by atoms with E-state index in [1.807, 2.05) is 36.6 Å². The summed E-state index contributed by atoms with van der Waals surface area (Å²) in [7, 11) is 0. The summed E-state index contributed by atoms with van der Waals surface area (Å²) >= 11 is 1.37. The van der Waals surface area contributed by atoms with E-state index in [-0.39, 0.29) is 41.4 Å². The summed E-state index contributed by atoms with van der Waals surface area (Å²) in [4.78, 5) is 45.3. The van der Waals surface area contributed by atoms with Crippen molar-refractivity contribution in [1.82, 2.24) is 4.98 Å². The van der Waals surface area contributed by atoms with Gasteiger partial charge in [0.05, 0.1) is 23.2 Å². The molecule has 2 bridgehead atoms. The first-order valence-corrected chi connectivity index (χ1v) is 12.9. The standard InChI is InChI=1S/C28H23N3O3S/c1-14-2-4-15(5-3-14)22-13-35-28(29-22)30-25(32)16-6-8-17(9-7-16)31-26(33)23-18-10-11-19(21-12-20(18)21)24(23)27(31)34/h2-11,13,18-21,23-24H,12H2,1H3,(H,29,30,32)/t18-,19-,20-,21-,23-,24+/m0/s1. The molecule has 0 spiro atoms. The fraction of sp³-hybridized carbons (Fsp3) is 0.286. The third kappa shape index (κ3) is 3.14. The first-order chi connectivity index (χ1) is 17.0. The van der Waals surface area contributed by atoms with E-state index in [0.29, 0.717) is 28.2 Å². The molecule has 4 aliphatic carbocycles. The van der Waals surface area contributed by atoms with Gasteiger partial charge in [-0.15, -0.1) is 11.3 Å². The zero-order valence-electron chi connectivity index (χ0n) is 19.0. The summed E-state index contributed by atoms with van der Waals surface area (Å²) in [6.45, 7) is 2.04. The summed E-state index contributed by atoms with van der Waals surface area (Å²) in [5.74, 6) is 0.638. The average Bonchev–Trinajstić information content (AvgIpc) is 3.51. The Morgan fingerprint density at radius 2 is 1.57 bits per heavy atom. The molecule has 3 fully saturated rings. The Balaban J connectivity index is 1.07. The van der Waals surface area contributed by atoms with Gasteiger partial charge in [-0.25, -0.2) is 4.98 Å². The average molecular weight is 482 g/mol. The summed E-state index contributed by atoms with van der Waals surface area (Å²) in [6.07, 6.45) is 5.49. The normalized spacial score (nSPS) is 29.8. The van der Waals surface area contributed by atoms with Crippen LogP contribution in [0.5, 0.6) is 0 Å². The molecular weight excluding hydrogens is 458 g/mol. The Morgan fingerprint density at radius 3 is 2.20 bits per heavy atom. The van der Waals surface area contributed by atoms with Gasteiger partial charge in [-0.1, -0.05) is 42.0 Å². The van der Waals surface area contributed by atoms with Crippen LogP contribution in [0, 0.1) is 42.4 Å². The van der Waals surface area contributed by atoms with Gasteiger partial charge in [-0.2, -0.15) is 0 Å². The molecule has 8 rings (SSSR count). The molecular formula is C28H23N3O3S. The number of imide groups is 1. The minimum absolute atomic E-state index is 0.0895. The molecule has 2 aromatic carbocycles. The van der Waals surface area contributed by atoms with Crippen LogP contribution in [0.1, 0.15) is 22.3 Å². The Labute approximate surface area is 206 Å². The maximum absolute atomic E-state index is 13.3. The van der Waals surface area contributed by atoms with Crippen LogP contribution in [0.4, 0.5) is 10.8 Å². The van der Waals surface area contributed by atoms with Crippen molar-refractivity contribution in [1.29, 1.82) is 0 Å². The van der Waals surface area contributed by atoms with Crippen LogP contribution < -0.4 is 10.2 Å². The number of allylic oxidation sites excluding steroid dienone is 2. The lowest BCUT2D eigenvalue weighted by Crippen LogP contribution is -2.40. The summed E-state index contributed by atoms with van der Waals surface area (Å²) in [5, 5.41) is 5.28. The van der Waals surface area contributed by atoms with Crippen LogP contribution in [0.25, 0.3) is 11.3 Å². The van der Waals surface area contributed by atoms with Crippen LogP contribution in [0.3, 0.4) is 0 Å². The van der Waals surface area contributed by atoms with Crippen LogP contribution in [-0.4, -0.2) is 22.7 Å². The van der Waals surface area contributed by atoms with Gasteiger partial charge in [0.15, 0.2) is 5.13 Å². The molecule has 3 aromatic rings. The van der Waals surface area contributed by atoms with E-state index in [4.69, 9.17) is 0 Å². The fourth-order valence-electron chi connectivity index (χ4n) is 6.33. The number of carbonyl (C=O) groups excluding carboxylic acids is 3. The highest BCUT2D eigenvalue weighted by atomic mass is 32.1. The fourth-order valence-corrected chi connectivity index (χ4v) is 7.05. The van der Waals surface area contributed by atoms with Crippen molar-refractivity contribution in [3.8, 4) is 11.3 Å². The number of hydrogen-bond donors (Lipinski definition) is 1. The zero-order chi connectivity index (χ0) is 23.8. The largest absolute Gasteiger partial charge is 0.298 e. The highest BCUT2D eigenvalue weighted by Crippen LogP contribution is 2.65. The summed E-state index contributed by atoms with van der Waals surface area (Å²) < 4.78 is 0. The first-order valence-electron chi connectivity index (χ1n) is 12.0. The second-order valence-electron chi connectivity index (χ2n) is 10.1. The smallest absolute Gasteiger partial charge is 0.257 e. The summed E-state index contributed by atoms with van der Waals surface area (Å²) in [5.41, 5.74) is 3.97. The monoisotopic (exact) mass is 481 g/mol. The van der Waals surface area contributed by atoms with Gasteiger partial charge in [0.2, 0.25) is 11.8 Å². The Kier molecular flexibility index (Phi) is 4.42. The van der Waals surface area contributed by atoms with E-state index in [1.54, 1.807) is 24.3 Å². The molecule has 0 unspecified atom stereocenters. The number of aryl methyl sites for hydroxylation is 1. The lowest BCUT2D eigenvalue weighted by Gasteiger charge is -2.37. The number of thiazole rings is 1. The predicted molar refractivity (Wildman–Crippen MR) is 134 cm³/mol. The number of rotatable bonds is 4. The van der Waals surface area contributed by atoms with Crippen LogP contribution in [-0.2, 0) is 9.59 Å². The number of aromatic nitrogens is 1. The lowest BCUT2D eigenvalue weighted by molar-refractivity contribution is -0.124. The molecule has 3 amide bonds. The molecule has 2 saturated carbocycles. The lowest BCUT2D eigenvalue weighted by atomic mass is 9.63. The molecule has 5 aliphatic rings. The van der Waals surface area contributed by atoms with E-state index in [9.17, 15) is 14.4 Å². The second kappa shape index (κ2) is 7.46. The molecule has 1 aliphatic heterocycles. The third-order valence-electron chi connectivity index (χ3n) is 8.12. The Hall–Kier alpha value is -3.58. The highest BCUT2D eigenvalue weighted by molar-refractivity contribution is 7.14. The molecule has 1 aromatic heterocycles. The van der Waals surface area contributed by atoms with Gasteiger partial charge in [0, 0.05) is 16.5 Å². The summed E-state index contributed by atoms with van der Waals surface area (Å²) in [6, 6.07) is 14.8. The number of carbonyl (C=O) groups is 3. The number of benzene rings is 2.